The van der Waals surface area contributed by atoms with E-state index >= 15 is 0 Å². The molecule has 8 nitrogen and oxygen atoms in total. The van der Waals surface area contributed by atoms with Gasteiger partial charge >= 0.3 is 0 Å². The van der Waals surface area contributed by atoms with E-state index in [0.717, 1.165) is 16.7 Å². The number of nitro benzene ring substituents is 1. The van der Waals surface area contributed by atoms with E-state index in [1.165, 1.54) is 12.1 Å². The Kier molecular flexibility index (Phi) is 5.39. The number of amides is 2. The van der Waals surface area contributed by atoms with Crippen LogP contribution in [0.4, 0.5) is 10.5 Å². The Balaban J connectivity index is 1.58. The first-order valence-corrected chi connectivity index (χ1v) is 9.86. The van der Waals surface area contributed by atoms with E-state index in [9.17, 15) is 25.0 Å². The van der Waals surface area contributed by atoms with E-state index in [-0.39, 0.29) is 28.7 Å². The number of benzene rings is 2. The first kappa shape index (κ1) is 20.1. The summed E-state index contributed by atoms with van der Waals surface area (Å²) in [6.07, 6.45) is 1.43. The van der Waals surface area contributed by atoms with Crippen LogP contribution in [0.2, 0.25) is 0 Å². The normalized spacial score (nSPS) is 14.8. The third-order valence-electron chi connectivity index (χ3n) is 4.61. The van der Waals surface area contributed by atoms with Crippen LogP contribution in [-0.4, -0.2) is 21.0 Å². The minimum atomic E-state index is -0.498. The van der Waals surface area contributed by atoms with E-state index < -0.39 is 16.1 Å². The number of nitriles is 1. The molecule has 2 heterocycles. The Hall–Kier alpha value is -4.16. The summed E-state index contributed by atoms with van der Waals surface area (Å²) >= 11 is 0.770. The number of carbonyl (C=O) groups is 2. The van der Waals surface area contributed by atoms with Crippen LogP contribution < -0.4 is 0 Å². The lowest BCUT2D eigenvalue weighted by Crippen LogP contribution is -2.27. The highest BCUT2D eigenvalue weighted by Gasteiger charge is 2.35. The monoisotopic (exact) mass is 431 g/mol. The maximum absolute atomic E-state index is 12.7. The largest absolute Gasteiger partial charge is 0.456 e. The number of carbonyl (C=O) groups excluding carboxylic acids is 2. The van der Waals surface area contributed by atoms with Gasteiger partial charge in [-0.1, -0.05) is 30.3 Å². The predicted molar refractivity (Wildman–Crippen MR) is 113 cm³/mol. The molecule has 0 unspecified atom stereocenters. The van der Waals surface area contributed by atoms with Crippen molar-refractivity contribution in [3.05, 3.63) is 92.6 Å². The van der Waals surface area contributed by atoms with Gasteiger partial charge in [0.25, 0.3) is 16.8 Å². The molecule has 0 atom stereocenters. The zero-order chi connectivity index (χ0) is 22.0. The van der Waals surface area contributed by atoms with Crippen molar-refractivity contribution in [1.82, 2.24) is 4.90 Å². The molecule has 152 valence electrons. The highest BCUT2D eigenvalue weighted by Crippen LogP contribution is 2.35. The van der Waals surface area contributed by atoms with Gasteiger partial charge < -0.3 is 4.42 Å². The average Bonchev–Trinajstić information content (AvgIpc) is 3.34. The van der Waals surface area contributed by atoms with Crippen molar-refractivity contribution in [2.75, 3.05) is 0 Å². The van der Waals surface area contributed by atoms with Crippen molar-refractivity contribution in [2.24, 2.45) is 0 Å². The highest BCUT2D eigenvalue weighted by atomic mass is 32.2. The number of hydrogen-bond donors (Lipinski definition) is 0. The number of thioether (sulfide) groups is 1. The van der Waals surface area contributed by atoms with E-state index in [1.807, 2.05) is 6.07 Å². The molecule has 1 aliphatic rings. The average molecular weight is 431 g/mol. The van der Waals surface area contributed by atoms with Crippen LogP contribution in [0.1, 0.15) is 16.9 Å². The third-order valence-corrected chi connectivity index (χ3v) is 5.51. The molecule has 0 saturated carbocycles. The van der Waals surface area contributed by atoms with Crippen molar-refractivity contribution >= 4 is 34.7 Å². The lowest BCUT2D eigenvalue weighted by atomic mass is 10.1. The van der Waals surface area contributed by atoms with Gasteiger partial charge in [-0.15, -0.1) is 0 Å². The summed E-state index contributed by atoms with van der Waals surface area (Å²) in [7, 11) is 0. The first-order chi connectivity index (χ1) is 15.0. The fourth-order valence-corrected chi connectivity index (χ4v) is 3.94. The van der Waals surface area contributed by atoms with Crippen molar-refractivity contribution in [1.29, 1.82) is 5.26 Å². The molecule has 0 radical (unpaired) electrons. The fourth-order valence-electron chi connectivity index (χ4n) is 3.12. The van der Waals surface area contributed by atoms with Gasteiger partial charge in [0, 0.05) is 12.1 Å². The van der Waals surface area contributed by atoms with Gasteiger partial charge in [0.05, 0.1) is 33.6 Å². The summed E-state index contributed by atoms with van der Waals surface area (Å²) in [5.41, 5.74) is 1.18. The van der Waals surface area contributed by atoms with Gasteiger partial charge in [0.2, 0.25) is 0 Å². The maximum atomic E-state index is 12.7. The number of nitro groups is 1. The van der Waals surface area contributed by atoms with Gasteiger partial charge in [0.15, 0.2) is 0 Å². The first-order valence-electron chi connectivity index (χ1n) is 9.05. The minimum Gasteiger partial charge on any atom is -0.456 e. The molecule has 0 aliphatic carbocycles. The maximum Gasteiger partial charge on any atom is 0.293 e. The van der Waals surface area contributed by atoms with Crippen molar-refractivity contribution in [3.63, 3.8) is 0 Å². The second kappa shape index (κ2) is 8.30. The molecule has 4 rings (SSSR count). The van der Waals surface area contributed by atoms with Gasteiger partial charge in [-0.3, -0.25) is 24.6 Å². The number of imide groups is 1. The molecule has 1 saturated heterocycles. The summed E-state index contributed by atoms with van der Waals surface area (Å²) in [4.78, 5) is 37.1. The summed E-state index contributed by atoms with van der Waals surface area (Å²) in [6.45, 7) is -0.00858. The quantitative estimate of drug-likeness (QED) is 0.318. The lowest BCUT2D eigenvalue weighted by molar-refractivity contribution is -0.384. The number of hydrogen-bond acceptors (Lipinski definition) is 7. The summed E-state index contributed by atoms with van der Waals surface area (Å²) in [5, 5.41) is 20.0. The topological polar surface area (TPSA) is 117 Å². The molecule has 3 aromatic rings. The standard InChI is InChI=1S/C22H13N3O5S/c23-12-14-5-1-2-6-15(14)13-24-21(26)20(31-22(24)27)11-16-9-10-19(30-16)17-7-3-4-8-18(17)25(28)29/h1-11H,13H2/b20-11+. The molecule has 9 heteroatoms. The molecule has 0 N–H and O–H groups in total. The Morgan fingerprint density at radius 1 is 1.10 bits per heavy atom. The zero-order valence-corrected chi connectivity index (χ0v) is 16.7. The molecule has 1 aromatic heterocycles. The number of para-hydroxylation sites is 1. The van der Waals surface area contributed by atoms with Crippen LogP contribution in [0.15, 0.2) is 70.0 Å². The second-order valence-electron chi connectivity index (χ2n) is 6.51. The van der Waals surface area contributed by atoms with Gasteiger partial charge in [0.1, 0.15) is 11.5 Å². The van der Waals surface area contributed by atoms with Crippen LogP contribution in [0.3, 0.4) is 0 Å². The fraction of sp³-hybridized carbons (Fsp3) is 0.0455. The van der Waals surface area contributed by atoms with Crippen LogP contribution in [0, 0.1) is 21.4 Å². The molecular weight excluding hydrogens is 418 g/mol. The minimum absolute atomic E-state index is 0.00858. The van der Waals surface area contributed by atoms with Crippen LogP contribution >= 0.6 is 11.8 Å². The Bertz CT molecular complexity index is 1290. The number of rotatable bonds is 5. The van der Waals surface area contributed by atoms with Crippen LogP contribution in [0.25, 0.3) is 17.4 Å². The Morgan fingerprint density at radius 2 is 1.84 bits per heavy atom. The second-order valence-corrected chi connectivity index (χ2v) is 7.51. The molecule has 2 aromatic carbocycles. The summed E-state index contributed by atoms with van der Waals surface area (Å²) in [5.74, 6) is 0.0724. The van der Waals surface area contributed by atoms with E-state index in [4.69, 9.17) is 4.42 Å². The van der Waals surface area contributed by atoms with E-state index in [0.29, 0.717) is 16.7 Å². The highest BCUT2D eigenvalue weighted by molar-refractivity contribution is 8.18. The smallest absolute Gasteiger partial charge is 0.293 e. The van der Waals surface area contributed by atoms with Crippen molar-refractivity contribution in [2.45, 2.75) is 6.54 Å². The molecule has 2 amide bonds. The molecule has 1 fully saturated rings. The number of furan rings is 1. The molecule has 1 aliphatic heterocycles. The van der Waals surface area contributed by atoms with Gasteiger partial charge in [-0.05, 0) is 41.6 Å². The molecule has 31 heavy (non-hydrogen) atoms. The predicted octanol–water partition coefficient (Wildman–Crippen LogP) is 4.96. The Morgan fingerprint density at radius 3 is 2.61 bits per heavy atom. The van der Waals surface area contributed by atoms with Gasteiger partial charge in [-0.2, -0.15) is 5.26 Å². The van der Waals surface area contributed by atoms with E-state index in [2.05, 4.69) is 0 Å². The Labute approximate surface area is 180 Å². The van der Waals surface area contributed by atoms with Crippen LogP contribution in [-0.2, 0) is 11.3 Å². The van der Waals surface area contributed by atoms with Crippen LogP contribution in [0.5, 0.6) is 0 Å². The molecular formula is C22H13N3O5S. The summed E-state index contributed by atoms with van der Waals surface area (Å²) < 4.78 is 5.68. The van der Waals surface area contributed by atoms with Crippen molar-refractivity contribution in [3.8, 4) is 17.4 Å². The molecule has 0 bridgehead atoms. The zero-order valence-electron chi connectivity index (χ0n) is 15.8. The molecule has 0 spiro atoms. The summed E-state index contributed by atoms with van der Waals surface area (Å²) in [6, 6.07) is 18.1. The van der Waals surface area contributed by atoms with E-state index in [1.54, 1.807) is 54.6 Å². The lowest BCUT2D eigenvalue weighted by Gasteiger charge is -2.13. The number of nitrogens with zero attached hydrogens (tertiary/aromatic N) is 3. The van der Waals surface area contributed by atoms with Gasteiger partial charge in [-0.25, -0.2) is 0 Å². The SMILES string of the molecule is N#Cc1ccccc1CN1C(=O)S/C(=C/c2ccc(-c3ccccc3[N+](=O)[O-])o2)C1=O. The third kappa shape index (κ3) is 3.97. The van der Waals surface area contributed by atoms with Crippen molar-refractivity contribution < 1.29 is 18.9 Å².